The molecule has 18 heavy (non-hydrogen) atoms. The van der Waals surface area contributed by atoms with E-state index < -0.39 is 0 Å². The molecule has 0 saturated heterocycles. The number of hydrogen-bond acceptors (Lipinski definition) is 4. The molecule has 1 aromatic heterocycles. The minimum Gasteiger partial charge on any atom is -0.396 e. The summed E-state index contributed by atoms with van der Waals surface area (Å²) < 4.78 is 0.649. The molecular weight excluding hydrogens is 270 g/mol. The Bertz CT molecular complexity index is 381. The van der Waals surface area contributed by atoms with E-state index >= 15 is 0 Å². The standard InChI is InChI=1S/C13H20ClNO2S/c1-10(15(2)8-4-3-5-9-16)13(17)11-6-7-12(14)18-11/h6-7,10,16H,3-5,8-9H2,1-2H3. The Hall–Kier alpha value is -0.420. The van der Waals surface area contributed by atoms with Crippen molar-refractivity contribution in [3.63, 3.8) is 0 Å². The Balaban J connectivity index is 2.43. The summed E-state index contributed by atoms with van der Waals surface area (Å²) in [5, 5.41) is 8.70. The van der Waals surface area contributed by atoms with Crippen molar-refractivity contribution in [1.29, 1.82) is 0 Å². The van der Waals surface area contributed by atoms with Crippen molar-refractivity contribution in [2.75, 3.05) is 20.2 Å². The molecule has 1 aromatic rings. The van der Waals surface area contributed by atoms with Crippen molar-refractivity contribution >= 4 is 28.7 Å². The van der Waals surface area contributed by atoms with Crippen molar-refractivity contribution in [2.24, 2.45) is 0 Å². The second-order valence-corrected chi connectivity index (χ2v) is 6.12. The van der Waals surface area contributed by atoms with Crippen molar-refractivity contribution in [3.05, 3.63) is 21.3 Å². The first-order valence-electron chi connectivity index (χ1n) is 6.17. The van der Waals surface area contributed by atoms with Crippen LogP contribution in [0.2, 0.25) is 4.34 Å². The summed E-state index contributed by atoms with van der Waals surface area (Å²) in [6.07, 6.45) is 2.82. The number of ketones is 1. The van der Waals surface area contributed by atoms with Gasteiger partial charge in [-0.25, -0.2) is 0 Å². The van der Waals surface area contributed by atoms with Crippen LogP contribution in [-0.4, -0.2) is 42.0 Å². The molecule has 0 radical (unpaired) electrons. The molecule has 0 bridgehead atoms. The number of carbonyl (C=O) groups is 1. The fraction of sp³-hybridized carbons (Fsp3) is 0.615. The van der Waals surface area contributed by atoms with Crippen LogP contribution in [0.5, 0.6) is 0 Å². The van der Waals surface area contributed by atoms with Crippen LogP contribution in [0.1, 0.15) is 35.9 Å². The van der Waals surface area contributed by atoms with Gasteiger partial charge in [-0.1, -0.05) is 11.6 Å². The lowest BCUT2D eigenvalue weighted by molar-refractivity contribution is 0.0870. The van der Waals surface area contributed by atoms with Crippen LogP contribution in [0.3, 0.4) is 0 Å². The summed E-state index contributed by atoms with van der Waals surface area (Å²) in [5.41, 5.74) is 0. The van der Waals surface area contributed by atoms with Crippen LogP contribution >= 0.6 is 22.9 Å². The molecule has 1 N–H and O–H groups in total. The highest BCUT2D eigenvalue weighted by Crippen LogP contribution is 2.23. The number of aliphatic hydroxyl groups excluding tert-OH is 1. The van der Waals surface area contributed by atoms with Gasteiger partial charge in [-0.15, -0.1) is 11.3 Å². The number of carbonyl (C=O) groups excluding carboxylic acids is 1. The zero-order chi connectivity index (χ0) is 13.5. The predicted octanol–water partition coefficient (Wildman–Crippen LogP) is 3.07. The van der Waals surface area contributed by atoms with Crippen molar-refractivity contribution in [2.45, 2.75) is 32.2 Å². The molecule has 102 valence electrons. The van der Waals surface area contributed by atoms with Gasteiger partial charge in [0.15, 0.2) is 5.78 Å². The Kier molecular flexibility index (Phi) is 6.86. The number of rotatable bonds is 8. The summed E-state index contributed by atoms with van der Waals surface area (Å²) in [6.45, 7) is 3.03. The summed E-state index contributed by atoms with van der Waals surface area (Å²) in [7, 11) is 1.96. The first-order valence-corrected chi connectivity index (χ1v) is 7.36. The Morgan fingerprint density at radius 2 is 2.17 bits per heavy atom. The van der Waals surface area contributed by atoms with Gasteiger partial charge in [0.2, 0.25) is 0 Å². The minimum atomic E-state index is -0.131. The number of likely N-dealkylation sites (N-methyl/N-ethyl adjacent to an activating group) is 1. The number of thiophene rings is 1. The summed E-state index contributed by atoms with van der Waals surface area (Å²) in [4.78, 5) is 14.9. The maximum absolute atomic E-state index is 12.2. The highest BCUT2D eigenvalue weighted by molar-refractivity contribution is 7.18. The molecule has 1 atom stereocenters. The lowest BCUT2D eigenvalue weighted by Gasteiger charge is -2.22. The molecule has 0 amide bonds. The molecule has 0 aliphatic heterocycles. The second kappa shape index (κ2) is 7.89. The lowest BCUT2D eigenvalue weighted by Crippen LogP contribution is -2.36. The number of nitrogens with zero attached hydrogens (tertiary/aromatic N) is 1. The first-order chi connectivity index (χ1) is 8.56. The Morgan fingerprint density at radius 3 is 2.72 bits per heavy atom. The number of Topliss-reactive ketones (excluding diaryl/α,β-unsaturated/α-hetero) is 1. The highest BCUT2D eigenvalue weighted by Gasteiger charge is 2.20. The maximum Gasteiger partial charge on any atom is 0.189 e. The quantitative estimate of drug-likeness (QED) is 0.591. The molecule has 0 saturated carbocycles. The van der Waals surface area contributed by atoms with E-state index in [4.69, 9.17) is 16.7 Å². The van der Waals surface area contributed by atoms with Crippen LogP contribution < -0.4 is 0 Å². The van der Waals surface area contributed by atoms with Crippen molar-refractivity contribution < 1.29 is 9.90 Å². The zero-order valence-electron chi connectivity index (χ0n) is 10.9. The van der Waals surface area contributed by atoms with E-state index in [-0.39, 0.29) is 18.4 Å². The van der Waals surface area contributed by atoms with Gasteiger partial charge >= 0.3 is 0 Å². The van der Waals surface area contributed by atoms with Crippen LogP contribution in [-0.2, 0) is 0 Å². The smallest absolute Gasteiger partial charge is 0.189 e. The van der Waals surface area contributed by atoms with E-state index in [9.17, 15) is 4.79 Å². The van der Waals surface area contributed by atoms with E-state index in [1.807, 2.05) is 18.9 Å². The van der Waals surface area contributed by atoms with E-state index in [2.05, 4.69) is 0 Å². The van der Waals surface area contributed by atoms with E-state index in [0.29, 0.717) is 4.34 Å². The molecule has 1 unspecified atom stereocenters. The zero-order valence-corrected chi connectivity index (χ0v) is 12.4. The maximum atomic E-state index is 12.2. The Labute approximate surface area is 117 Å². The lowest BCUT2D eigenvalue weighted by atomic mass is 10.1. The molecule has 0 fully saturated rings. The number of unbranched alkanes of at least 4 members (excludes halogenated alkanes) is 2. The molecule has 5 heteroatoms. The average Bonchev–Trinajstić information content (AvgIpc) is 2.79. The number of aliphatic hydroxyl groups is 1. The molecule has 1 heterocycles. The number of halogens is 1. The highest BCUT2D eigenvalue weighted by atomic mass is 35.5. The van der Waals surface area contributed by atoms with Crippen molar-refractivity contribution in [3.8, 4) is 0 Å². The second-order valence-electron chi connectivity index (χ2n) is 4.41. The topological polar surface area (TPSA) is 40.5 Å². The summed E-state index contributed by atoms with van der Waals surface area (Å²) >= 11 is 7.17. The third-order valence-electron chi connectivity index (χ3n) is 3.03. The average molecular weight is 290 g/mol. The van der Waals surface area contributed by atoms with Gasteiger partial charge in [-0.3, -0.25) is 9.69 Å². The number of hydrogen-bond donors (Lipinski definition) is 1. The molecular formula is C13H20ClNO2S. The SMILES string of the molecule is CC(C(=O)c1ccc(Cl)s1)N(C)CCCCCO. The molecule has 0 aromatic carbocycles. The monoisotopic (exact) mass is 289 g/mol. The van der Waals surface area contributed by atoms with E-state index in [1.54, 1.807) is 12.1 Å². The molecule has 0 aliphatic carbocycles. The largest absolute Gasteiger partial charge is 0.396 e. The first kappa shape index (κ1) is 15.6. The van der Waals surface area contributed by atoms with Gasteiger partial charge in [-0.05, 0) is 51.9 Å². The van der Waals surface area contributed by atoms with Crippen LogP contribution in [0.25, 0.3) is 0 Å². The van der Waals surface area contributed by atoms with Gasteiger partial charge in [-0.2, -0.15) is 0 Å². The molecule has 3 nitrogen and oxygen atoms in total. The summed E-state index contributed by atoms with van der Waals surface area (Å²) in [6, 6.07) is 3.41. The van der Waals surface area contributed by atoms with Gasteiger partial charge in [0.05, 0.1) is 15.3 Å². The fourth-order valence-electron chi connectivity index (χ4n) is 1.70. The third-order valence-corrected chi connectivity index (χ3v) is 4.27. The summed E-state index contributed by atoms with van der Waals surface area (Å²) in [5.74, 6) is 0.122. The van der Waals surface area contributed by atoms with Crippen molar-refractivity contribution in [1.82, 2.24) is 4.90 Å². The normalized spacial score (nSPS) is 12.9. The molecule has 1 rings (SSSR count). The van der Waals surface area contributed by atoms with E-state index in [1.165, 1.54) is 11.3 Å². The van der Waals surface area contributed by atoms with Crippen LogP contribution in [0.15, 0.2) is 12.1 Å². The van der Waals surface area contributed by atoms with E-state index in [0.717, 1.165) is 30.7 Å². The predicted molar refractivity (Wildman–Crippen MR) is 76.7 cm³/mol. The van der Waals surface area contributed by atoms with Gasteiger partial charge < -0.3 is 5.11 Å². The van der Waals surface area contributed by atoms with Crippen LogP contribution in [0, 0.1) is 0 Å². The minimum absolute atomic E-state index is 0.122. The Morgan fingerprint density at radius 1 is 1.44 bits per heavy atom. The van der Waals surface area contributed by atoms with Gasteiger partial charge in [0.25, 0.3) is 0 Å². The van der Waals surface area contributed by atoms with Crippen LogP contribution in [0.4, 0.5) is 0 Å². The third kappa shape index (κ3) is 4.69. The van der Waals surface area contributed by atoms with Gasteiger partial charge in [0.1, 0.15) is 0 Å². The molecule has 0 spiro atoms. The van der Waals surface area contributed by atoms with Gasteiger partial charge in [0, 0.05) is 6.61 Å². The fourth-order valence-corrected chi connectivity index (χ4v) is 2.76. The molecule has 0 aliphatic rings.